The zero-order valence-electron chi connectivity index (χ0n) is 11.9. The van der Waals surface area contributed by atoms with Gasteiger partial charge in [0.15, 0.2) is 0 Å². The van der Waals surface area contributed by atoms with E-state index in [9.17, 15) is 18.0 Å². The molecule has 2 aliphatic rings. The molecule has 1 atom stereocenters. The van der Waals surface area contributed by atoms with Crippen LogP contribution in [0.25, 0.3) is 0 Å². The summed E-state index contributed by atoms with van der Waals surface area (Å²) in [5.41, 5.74) is 0. The molecular formula is C11H20N4O5S. The minimum absolute atomic E-state index is 0.204. The zero-order valence-corrected chi connectivity index (χ0v) is 12.7. The number of amides is 2. The van der Waals surface area contributed by atoms with Crippen LogP contribution < -0.4 is 10.0 Å². The normalized spacial score (nSPS) is 23.9. The van der Waals surface area contributed by atoms with Gasteiger partial charge in [-0.1, -0.05) is 0 Å². The van der Waals surface area contributed by atoms with Crippen LogP contribution in [0, 0.1) is 0 Å². The van der Waals surface area contributed by atoms with E-state index in [-0.39, 0.29) is 12.5 Å². The van der Waals surface area contributed by atoms with E-state index in [2.05, 4.69) is 10.1 Å². The van der Waals surface area contributed by atoms with Crippen LogP contribution in [-0.4, -0.2) is 75.5 Å². The number of carbonyl (C=O) groups excluding carboxylic acids is 2. The summed E-state index contributed by atoms with van der Waals surface area (Å²) >= 11 is 0. The second-order valence-corrected chi connectivity index (χ2v) is 6.57. The van der Waals surface area contributed by atoms with Gasteiger partial charge in [-0.05, 0) is 12.8 Å². The molecule has 0 bridgehead atoms. The van der Waals surface area contributed by atoms with Crippen LogP contribution in [0.5, 0.6) is 0 Å². The lowest BCUT2D eigenvalue weighted by Gasteiger charge is -2.32. The fourth-order valence-corrected chi connectivity index (χ4v) is 3.89. The standard InChI is InChI=1S/C11H20N4O5S/c1-20-11(17)13-21(18,19)15-6-2-3-9(15)10(16)14-7-4-12-5-8-14/h9,12H,2-8H2,1H3,(H,13,17). The third kappa shape index (κ3) is 3.63. The maximum atomic E-state index is 12.5. The molecule has 2 aliphatic heterocycles. The Morgan fingerprint density at radius 3 is 2.52 bits per heavy atom. The minimum Gasteiger partial charge on any atom is -0.452 e. The van der Waals surface area contributed by atoms with E-state index in [0.29, 0.717) is 39.0 Å². The summed E-state index contributed by atoms with van der Waals surface area (Å²) in [7, 11) is -2.98. The third-order valence-electron chi connectivity index (χ3n) is 3.62. The largest absolute Gasteiger partial charge is 0.452 e. The molecule has 0 aromatic rings. The van der Waals surface area contributed by atoms with Crippen molar-refractivity contribution in [1.82, 2.24) is 19.2 Å². The van der Waals surface area contributed by atoms with Gasteiger partial charge < -0.3 is 15.0 Å². The molecule has 2 N–H and O–H groups in total. The fraction of sp³-hybridized carbons (Fsp3) is 0.818. The van der Waals surface area contributed by atoms with Gasteiger partial charge >= 0.3 is 16.3 Å². The van der Waals surface area contributed by atoms with Crippen molar-refractivity contribution >= 4 is 22.2 Å². The summed E-state index contributed by atoms with van der Waals surface area (Å²) in [6.45, 7) is 2.74. The van der Waals surface area contributed by atoms with Gasteiger partial charge in [-0.15, -0.1) is 0 Å². The summed E-state index contributed by atoms with van der Waals surface area (Å²) < 4.78 is 31.4. The highest BCUT2D eigenvalue weighted by Gasteiger charge is 2.41. The van der Waals surface area contributed by atoms with Crippen LogP contribution in [0.1, 0.15) is 12.8 Å². The molecule has 120 valence electrons. The zero-order chi connectivity index (χ0) is 15.5. The molecule has 0 aromatic heterocycles. The Morgan fingerprint density at radius 1 is 1.24 bits per heavy atom. The Labute approximate surface area is 123 Å². The first-order valence-electron chi connectivity index (χ1n) is 6.83. The first kappa shape index (κ1) is 16.0. The molecule has 0 aromatic carbocycles. The van der Waals surface area contributed by atoms with Crippen molar-refractivity contribution in [3.8, 4) is 0 Å². The predicted molar refractivity (Wildman–Crippen MR) is 73.6 cm³/mol. The predicted octanol–water partition coefficient (Wildman–Crippen LogP) is -1.52. The van der Waals surface area contributed by atoms with Gasteiger partial charge in [0.05, 0.1) is 7.11 Å². The minimum atomic E-state index is -4.06. The molecule has 0 saturated carbocycles. The Kier molecular flexibility index (Phi) is 5.01. The van der Waals surface area contributed by atoms with Crippen LogP contribution >= 0.6 is 0 Å². The second kappa shape index (κ2) is 6.58. The quantitative estimate of drug-likeness (QED) is 0.654. The number of methoxy groups -OCH3 is 1. The summed E-state index contributed by atoms with van der Waals surface area (Å²) in [4.78, 5) is 25.2. The van der Waals surface area contributed by atoms with Crippen molar-refractivity contribution in [2.24, 2.45) is 0 Å². The molecule has 9 nitrogen and oxygen atoms in total. The van der Waals surface area contributed by atoms with E-state index in [4.69, 9.17) is 0 Å². The number of hydrogen-bond acceptors (Lipinski definition) is 6. The highest BCUT2D eigenvalue weighted by molar-refractivity contribution is 7.87. The number of nitrogens with zero attached hydrogens (tertiary/aromatic N) is 2. The average Bonchev–Trinajstić information content (AvgIpc) is 2.97. The van der Waals surface area contributed by atoms with Gasteiger partial charge in [0.2, 0.25) is 5.91 Å². The van der Waals surface area contributed by atoms with E-state index in [1.807, 2.05) is 0 Å². The summed E-state index contributed by atoms with van der Waals surface area (Å²) in [6.07, 6.45) is -0.00892. The van der Waals surface area contributed by atoms with Gasteiger partial charge in [-0.2, -0.15) is 12.7 Å². The van der Waals surface area contributed by atoms with Gasteiger partial charge in [-0.25, -0.2) is 9.52 Å². The first-order valence-corrected chi connectivity index (χ1v) is 8.27. The Hall–Kier alpha value is -1.39. The van der Waals surface area contributed by atoms with E-state index < -0.39 is 22.3 Å². The summed E-state index contributed by atoms with van der Waals surface area (Å²) in [5, 5.41) is 3.14. The van der Waals surface area contributed by atoms with Crippen LogP contribution in [0.2, 0.25) is 0 Å². The number of piperazine rings is 1. The number of hydrogen-bond donors (Lipinski definition) is 2. The highest BCUT2D eigenvalue weighted by atomic mass is 32.2. The molecular weight excluding hydrogens is 300 g/mol. The van der Waals surface area contributed by atoms with E-state index >= 15 is 0 Å². The molecule has 0 radical (unpaired) electrons. The fourth-order valence-electron chi connectivity index (χ4n) is 2.58. The SMILES string of the molecule is COC(=O)NS(=O)(=O)N1CCCC1C(=O)N1CCNCC1. The molecule has 0 spiro atoms. The van der Waals surface area contributed by atoms with E-state index in [0.717, 1.165) is 11.4 Å². The van der Waals surface area contributed by atoms with Crippen molar-refractivity contribution < 1.29 is 22.7 Å². The maximum absolute atomic E-state index is 12.5. The molecule has 0 aliphatic carbocycles. The summed E-state index contributed by atoms with van der Waals surface area (Å²) in [5.74, 6) is -0.204. The lowest BCUT2D eigenvalue weighted by molar-refractivity contribution is -0.135. The molecule has 1 unspecified atom stereocenters. The van der Waals surface area contributed by atoms with Gasteiger partial charge in [0.1, 0.15) is 6.04 Å². The van der Waals surface area contributed by atoms with Crippen molar-refractivity contribution in [1.29, 1.82) is 0 Å². The first-order chi connectivity index (χ1) is 9.95. The molecule has 2 rings (SSSR count). The average molecular weight is 320 g/mol. The Bertz CT molecular complexity index is 503. The number of carbonyl (C=O) groups is 2. The second-order valence-electron chi connectivity index (χ2n) is 4.94. The van der Waals surface area contributed by atoms with Crippen molar-refractivity contribution in [2.75, 3.05) is 39.8 Å². The van der Waals surface area contributed by atoms with Gasteiger partial charge in [0.25, 0.3) is 0 Å². The Morgan fingerprint density at radius 2 is 1.90 bits per heavy atom. The van der Waals surface area contributed by atoms with Crippen LogP contribution in [0.3, 0.4) is 0 Å². The van der Waals surface area contributed by atoms with Crippen molar-refractivity contribution in [2.45, 2.75) is 18.9 Å². The third-order valence-corrected chi connectivity index (χ3v) is 5.10. The lowest BCUT2D eigenvalue weighted by Crippen LogP contribution is -2.55. The van der Waals surface area contributed by atoms with Crippen molar-refractivity contribution in [3.63, 3.8) is 0 Å². The molecule has 10 heteroatoms. The topological polar surface area (TPSA) is 108 Å². The van der Waals surface area contributed by atoms with Gasteiger partial charge in [-0.3, -0.25) is 4.79 Å². The molecule has 2 amide bonds. The number of nitrogens with one attached hydrogen (secondary N) is 2. The van der Waals surface area contributed by atoms with Gasteiger partial charge in [0, 0.05) is 32.7 Å². The number of ether oxygens (including phenoxy) is 1. The maximum Gasteiger partial charge on any atom is 0.421 e. The van der Waals surface area contributed by atoms with Crippen molar-refractivity contribution in [3.05, 3.63) is 0 Å². The van der Waals surface area contributed by atoms with Crippen LogP contribution in [0.4, 0.5) is 4.79 Å². The highest BCUT2D eigenvalue weighted by Crippen LogP contribution is 2.22. The Balaban J connectivity index is 2.08. The molecule has 2 fully saturated rings. The number of rotatable bonds is 3. The van der Waals surface area contributed by atoms with E-state index in [1.54, 1.807) is 9.62 Å². The molecule has 21 heavy (non-hydrogen) atoms. The smallest absolute Gasteiger partial charge is 0.421 e. The molecule has 2 heterocycles. The lowest BCUT2D eigenvalue weighted by atomic mass is 10.2. The molecule has 2 saturated heterocycles. The van der Waals surface area contributed by atoms with Crippen LogP contribution in [0.15, 0.2) is 0 Å². The summed E-state index contributed by atoms with van der Waals surface area (Å²) in [6, 6.07) is -0.745. The van der Waals surface area contributed by atoms with Crippen LogP contribution in [-0.2, 0) is 19.7 Å². The van der Waals surface area contributed by atoms with E-state index in [1.165, 1.54) is 0 Å². The monoisotopic (exact) mass is 320 g/mol.